The monoisotopic (exact) mass is 617 g/mol. The average Bonchev–Trinajstić information content (AvgIpc) is 3.50. The highest BCUT2D eigenvalue weighted by Crippen LogP contribution is 2.30. The number of likely N-dealkylation sites (tertiary alicyclic amines) is 1. The molecule has 4 aromatic rings. The molecule has 1 saturated heterocycles. The number of nitrogens with two attached hydrogens (primary N) is 1. The van der Waals surface area contributed by atoms with Crippen LogP contribution in [0.15, 0.2) is 79.0 Å². The van der Waals surface area contributed by atoms with E-state index in [1.807, 2.05) is 0 Å². The molecule has 44 heavy (non-hydrogen) atoms. The van der Waals surface area contributed by atoms with Crippen molar-refractivity contribution in [3.05, 3.63) is 95.1 Å². The second-order valence-corrected chi connectivity index (χ2v) is 10.8. The normalized spacial score (nSPS) is 17.8. The van der Waals surface area contributed by atoms with E-state index in [-0.39, 0.29) is 43.3 Å². The first-order valence-electron chi connectivity index (χ1n) is 13.7. The van der Waals surface area contributed by atoms with Gasteiger partial charge in [0.25, 0.3) is 11.8 Å². The Hall–Kier alpha value is -5.04. The van der Waals surface area contributed by atoms with E-state index in [0.29, 0.717) is 38.5 Å². The van der Waals surface area contributed by atoms with Gasteiger partial charge in [-0.1, -0.05) is 17.7 Å². The van der Waals surface area contributed by atoms with E-state index in [0.717, 1.165) is 5.39 Å². The number of nitrogens with zero attached hydrogens (tertiary/aromatic N) is 2. The van der Waals surface area contributed by atoms with Crippen LogP contribution < -0.4 is 26.1 Å². The van der Waals surface area contributed by atoms with Gasteiger partial charge in [-0.2, -0.15) is 0 Å². The van der Waals surface area contributed by atoms with Crippen LogP contribution in [0.1, 0.15) is 20.7 Å². The van der Waals surface area contributed by atoms with Crippen LogP contribution in [0.2, 0.25) is 5.02 Å². The van der Waals surface area contributed by atoms with Crippen molar-refractivity contribution in [2.24, 2.45) is 5.73 Å². The Labute approximate surface area is 255 Å². The number of hydrogen-bond donors (Lipinski definition) is 5. The Morgan fingerprint density at radius 1 is 1.05 bits per heavy atom. The Kier molecular flexibility index (Phi) is 7.87. The Morgan fingerprint density at radius 2 is 1.89 bits per heavy atom. The van der Waals surface area contributed by atoms with Gasteiger partial charge in [-0.05, 0) is 53.2 Å². The lowest BCUT2D eigenvalue weighted by atomic mass is 10.1. The Bertz CT molecular complexity index is 1870. The number of β-amino-alcohol motifs (C(OH)–C–C–N with tert-alkyl or cyclic N) is 1. The summed E-state index contributed by atoms with van der Waals surface area (Å²) in [5.74, 6) is -0.500. The number of allylic oxidation sites excluding steroid dienone is 2. The van der Waals surface area contributed by atoms with E-state index >= 15 is 0 Å². The van der Waals surface area contributed by atoms with Crippen LogP contribution in [0, 0.1) is 0 Å². The van der Waals surface area contributed by atoms with Gasteiger partial charge in [-0.3, -0.25) is 19.8 Å². The number of benzene rings is 3. The number of hydrogen-bond acceptors (Lipinski definition) is 9. The molecule has 12 nitrogen and oxygen atoms in total. The van der Waals surface area contributed by atoms with Crippen LogP contribution in [0.3, 0.4) is 0 Å². The molecule has 1 fully saturated rings. The summed E-state index contributed by atoms with van der Waals surface area (Å²) in [5, 5.41) is 22.4. The number of carbonyl (C=O) groups excluding carboxylic acids is 3. The number of hydrazine groups is 1. The van der Waals surface area contributed by atoms with Gasteiger partial charge >= 0.3 is 0 Å². The summed E-state index contributed by atoms with van der Waals surface area (Å²) in [6.45, 7) is 0.0856. The molecule has 0 aliphatic carbocycles. The lowest BCUT2D eigenvalue weighted by molar-refractivity contribution is -0.135. The minimum atomic E-state index is -1.46. The summed E-state index contributed by atoms with van der Waals surface area (Å²) < 4.78 is 13.6. The van der Waals surface area contributed by atoms with Gasteiger partial charge in [0.2, 0.25) is 11.7 Å². The number of primary amides is 1. The van der Waals surface area contributed by atoms with Crippen molar-refractivity contribution < 1.29 is 34.1 Å². The van der Waals surface area contributed by atoms with Gasteiger partial charge in [0.15, 0.2) is 12.7 Å². The van der Waals surface area contributed by atoms with E-state index < -0.39 is 24.0 Å². The molecule has 3 aromatic carbocycles. The number of carbonyl (C=O) groups is 3. The molecule has 3 heterocycles. The maximum absolute atomic E-state index is 13.6. The second-order valence-electron chi connectivity index (χ2n) is 10.4. The number of amides is 2. The van der Waals surface area contributed by atoms with Crippen molar-refractivity contribution in [3.8, 4) is 11.5 Å². The van der Waals surface area contributed by atoms with Gasteiger partial charge in [0.1, 0.15) is 17.6 Å². The first-order chi connectivity index (χ1) is 21.2. The summed E-state index contributed by atoms with van der Waals surface area (Å²) in [6, 6.07) is 13.6. The predicted octanol–water partition coefficient (Wildman–Crippen LogP) is 2.21. The summed E-state index contributed by atoms with van der Waals surface area (Å²) >= 11 is 6.09. The maximum atomic E-state index is 13.6. The Morgan fingerprint density at radius 3 is 2.61 bits per heavy atom. The number of fused-ring (bicyclic) bond motifs is 2. The summed E-state index contributed by atoms with van der Waals surface area (Å²) in [7, 11) is 0. The number of ketones is 1. The minimum Gasteiger partial charge on any atom is -0.485 e. The van der Waals surface area contributed by atoms with Gasteiger partial charge in [0, 0.05) is 60.1 Å². The fourth-order valence-electron chi connectivity index (χ4n) is 5.24. The smallest absolute Gasteiger partial charge is 0.254 e. The van der Waals surface area contributed by atoms with E-state index in [9.17, 15) is 24.6 Å². The van der Waals surface area contributed by atoms with Crippen molar-refractivity contribution in [3.63, 3.8) is 0 Å². The molecule has 6 rings (SSSR count). The maximum Gasteiger partial charge on any atom is 0.254 e. The van der Waals surface area contributed by atoms with Gasteiger partial charge in [0.05, 0.1) is 11.1 Å². The number of aliphatic hydroxyl groups is 2. The number of rotatable bonds is 10. The van der Waals surface area contributed by atoms with Crippen LogP contribution in [0.25, 0.3) is 21.7 Å². The quantitative estimate of drug-likeness (QED) is 0.168. The molecule has 2 aliphatic rings. The molecule has 0 saturated carbocycles. The fraction of sp³-hybridized carbons (Fsp3) is 0.194. The largest absolute Gasteiger partial charge is 0.485 e. The van der Waals surface area contributed by atoms with E-state index in [1.165, 1.54) is 4.90 Å². The van der Waals surface area contributed by atoms with Crippen molar-refractivity contribution >= 4 is 50.9 Å². The predicted molar refractivity (Wildman–Crippen MR) is 162 cm³/mol. The number of halogens is 1. The SMILES string of the molecule is NC(=O)c1cc2cc(Cl)ccc2cc1OCC(=O)c1cn(CCN2C[C@H](O)C(O)C2=O)c2cc(OC3=CC=CNN3)ccc12. The van der Waals surface area contributed by atoms with Gasteiger partial charge < -0.3 is 40.3 Å². The third-order valence-electron chi connectivity index (χ3n) is 7.48. The lowest BCUT2D eigenvalue weighted by Gasteiger charge is -2.17. The van der Waals surface area contributed by atoms with Crippen molar-refractivity contribution in [1.82, 2.24) is 20.3 Å². The molecule has 2 aliphatic heterocycles. The van der Waals surface area contributed by atoms with Crippen LogP contribution >= 0.6 is 11.6 Å². The highest BCUT2D eigenvalue weighted by Gasteiger charge is 2.37. The summed E-state index contributed by atoms with van der Waals surface area (Å²) in [4.78, 5) is 39.5. The molecule has 226 valence electrons. The highest BCUT2D eigenvalue weighted by molar-refractivity contribution is 6.31. The molecular weight excluding hydrogens is 590 g/mol. The van der Waals surface area contributed by atoms with Gasteiger partial charge in [-0.15, -0.1) is 0 Å². The molecule has 0 bridgehead atoms. The summed E-state index contributed by atoms with van der Waals surface area (Å²) in [5.41, 5.74) is 12.4. The summed E-state index contributed by atoms with van der Waals surface area (Å²) in [6.07, 6.45) is 4.26. The molecule has 2 atom stereocenters. The van der Waals surface area contributed by atoms with Crippen LogP contribution in [-0.2, 0) is 11.3 Å². The van der Waals surface area contributed by atoms with Gasteiger partial charge in [-0.25, -0.2) is 0 Å². The zero-order valence-corrected chi connectivity index (χ0v) is 24.0. The zero-order chi connectivity index (χ0) is 31.0. The number of Topliss-reactive ketones (excluding diaryl/α,β-unsaturated/α-hetero) is 1. The van der Waals surface area contributed by atoms with E-state index in [1.54, 1.807) is 77.6 Å². The van der Waals surface area contributed by atoms with E-state index in [4.69, 9.17) is 26.8 Å². The standard InChI is InChI=1S/C31H28ClN5O7/c32-19-4-3-17-12-27(22(30(33)41)11-18(17)10-19)43-16-26(39)23-14-36(8-9-37-15-25(38)29(40)31(37)42)24-13-20(5-6-21(23)24)44-28-2-1-7-34-35-28/h1-7,10-14,25,29,34-35,38,40H,8-9,15-16H2,(H2,33,41)/t25-,29?/m0/s1. The number of aliphatic hydroxyl groups excluding tert-OH is 2. The number of aromatic nitrogens is 1. The number of nitrogens with one attached hydrogen (secondary N) is 2. The fourth-order valence-corrected chi connectivity index (χ4v) is 5.43. The third-order valence-corrected chi connectivity index (χ3v) is 7.71. The molecule has 6 N–H and O–H groups in total. The lowest BCUT2D eigenvalue weighted by Crippen LogP contribution is -2.32. The molecule has 13 heteroatoms. The molecule has 1 unspecified atom stereocenters. The minimum absolute atomic E-state index is 0.00763. The zero-order valence-electron chi connectivity index (χ0n) is 23.2. The first-order valence-corrected chi connectivity index (χ1v) is 14.1. The van der Waals surface area contributed by atoms with Crippen molar-refractivity contribution in [2.75, 3.05) is 19.7 Å². The molecule has 0 radical (unpaired) electrons. The third kappa shape index (κ3) is 5.78. The molecule has 0 spiro atoms. The molecule has 2 amide bonds. The average molecular weight is 618 g/mol. The number of ether oxygens (including phenoxy) is 2. The van der Waals surface area contributed by atoms with Crippen LogP contribution in [-0.4, -0.2) is 69.2 Å². The molecular formula is C31H28ClN5O7. The topological polar surface area (TPSA) is 168 Å². The molecule has 1 aromatic heterocycles. The Balaban J connectivity index is 1.28. The highest BCUT2D eigenvalue weighted by atomic mass is 35.5. The van der Waals surface area contributed by atoms with Crippen LogP contribution in [0.4, 0.5) is 0 Å². The van der Waals surface area contributed by atoms with Crippen molar-refractivity contribution in [2.45, 2.75) is 18.8 Å². The second kappa shape index (κ2) is 11.9. The van der Waals surface area contributed by atoms with E-state index in [2.05, 4.69) is 10.9 Å². The van der Waals surface area contributed by atoms with Crippen molar-refractivity contribution in [1.29, 1.82) is 0 Å². The van der Waals surface area contributed by atoms with Crippen LogP contribution in [0.5, 0.6) is 11.5 Å². The first kappa shape index (κ1) is 29.1.